The Labute approximate surface area is 74.9 Å². The van der Waals surface area contributed by atoms with E-state index in [-0.39, 0.29) is 0 Å². The summed E-state index contributed by atoms with van der Waals surface area (Å²) in [6, 6.07) is 0. The van der Waals surface area contributed by atoms with Crippen LogP contribution in [0.4, 0.5) is 0 Å². The van der Waals surface area contributed by atoms with Gasteiger partial charge in [-0.1, -0.05) is 0 Å². The molecule has 0 aliphatic carbocycles. The molecule has 2 rings (SSSR count). The van der Waals surface area contributed by atoms with E-state index in [0.717, 1.165) is 25.0 Å². The molecule has 2 aliphatic rings. The number of hydrogen-bond donors (Lipinski definition) is 0. The molecule has 70 valence electrons. The molecule has 2 saturated heterocycles. The van der Waals surface area contributed by atoms with Gasteiger partial charge in [0.1, 0.15) is 0 Å². The zero-order valence-electron chi connectivity index (χ0n) is 8.34. The molecule has 0 amide bonds. The molecular formula is C10H19NO. The molecule has 0 unspecified atom stereocenters. The summed E-state index contributed by atoms with van der Waals surface area (Å²) in [6.45, 7) is 11.5. The topological polar surface area (TPSA) is 12.5 Å². The van der Waals surface area contributed by atoms with Gasteiger partial charge in [0.2, 0.25) is 0 Å². The summed E-state index contributed by atoms with van der Waals surface area (Å²) in [5, 5.41) is 0. The fourth-order valence-corrected chi connectivity index (χ4v) is 1.88. The minimum Gasteiger partial charge on any atom is -0.381 e. The lowest BCUT2D eigenvalue weighted by atomic mass is 9.82. The summed E-state index contributed by atoms with van der Waals surface area (Å²) in [4.78, 5) is 2.55. The van der Waals surface area contributed by atoms with Gasteiger partial charge in [-0.05, 0) is 26.7 Å². The molecule has 2 heteroatoms. The van der Waals surface area contributed by atoms with E-state index in [1.165, 1.54) is 13.1 Å². The van der Waals surface area contributed by atoms with Crippen LogP contribution in [0.5, 0.6) is 0 Å². The fourth-order valence-electron chi connectivity index (χ4n) is 1.88. The van der Waals surface area contributed by atoms with Gasteiger partial charge in [-0.25, -0.2) is 0 Å². The zero-order valence-corrected chi connectivity index (χ0v) is 8.34. The van der Waals surface area contributed by atoms with E-state index in [0.29, 0.717) is 5.54 Å². The normalized spacial score (nSPS) is 28.2. The smallest absolute Gasteiger partial charge is 0.0520 e. The summed E-state index contributed by atoms with van der Waals surface area (Å²) in [5.74, 6) is 1.81. The molecule has 0 aromatic carbocycles. The predicted molar refractivity (Wildman–Crippen MR) is 49.1 cm³/mol. The van der Waals surface area contributed by atoms with Crippen molar-refractivity contribution in [3.8, 4) is 0 Å². The van der Waals surface area contributed by atoms with Crippen molar-refractivity contribution in [2.24, 2.45) is 11.8 Å². The van der Waals surface area contributed by atoms with Crippen LogP contribution in [0.15, 0.2) is 0 Å². The second kappa shape index (κ2) is 2.71. The van der Waals surface area contributed by atoms with Crippen molar-refractivity contribution in [2.75, 3.05) is 26.3 Å². The Kier molecular flexibility index (Phi) is 1.92. The highest BCUT2D eigenvalue weighted by atomic mass is 16.5. The first-order valence-corrected chi connectivity index (χ1v) is 4.90. The first-order chi connectivity index (χ1) is 5.57. The van der Waals surface area contributed by atoms with Crippen LogP contribution < -0.4 is 0 Å². The lowest BCUT2D eigenvalue weighted by Crippen LogP contribution is -2.60. The average Bonchev–Trinajstić information content (AvgIpc) is 1.67. The van der Waals surface area contributed by atoms with E-state index in [4.69, 9.17) is 4.74 Å². The third kappa shape index (κ3) is 1.38. The van der Waals surface area contributed by atoms with Crippen molar-refractivity contribution in [1.29, 1.82) is 0 Å². The SMILES string of the molecule is CC(C)(C)N1CC(C2COC2)C1. The summed E-state index contributed by atoms with van der Waals surface area (Å²) >= 11 is 0. The van der Waals surface area contributed by atoms with Gasteiger partial charge in [0, 0.05) is 24.5 Å². The first kappa shape index (κ1) is 8.52. The molecule has 2 nitrogen and oxygen atoms in total. The highest BCUT2D eigenvalue weighted by Crippen LogP contribution is 2.33. The van der Waals surface area contributed by atoms with Gasteiger partial charge >= 0.3 is 0 Å². The van der Waals surface area contributed by atoms with Crippen molar-refractivity contribution in [1.82, 2.24) is 4.90 Å². The van der Waals surface area contributed by atoms with Gasteiger partial charge in [0.25, 0.3) is 0 Å². The molecule has 0 aromatic rings. The van der Waals surface area contributed by atoms with Crippen molar-refractivity contribution >= 4 is 0 Å². The van der Waals surface area contributed by atoms with E-state index in [1.54, 1.807) is 0 Å². The minimum atomic E-state index is 0.376. The van der Waals surface area contributed by atoms with Crippen molar-refractivity contribution in [3.05, 3.63) is 0 Å². The molecule has 0 bridgehead atoms. The summed E-state index contributed by atoms with van der Waals surface area (Å²) < 4.78 is 5.19. The van der Waals surface area contributed by atoms with Crippen LogP contribution in [0.25, 0.3) is 0 Å². The number of nitrogens with zero attached hydrogens (tertiary/aromatic N) is 1. The Morgan fingerprint density at radius 2 is 1.67 bits per heavy atom. The largest absolute Gasteiger partial charge is 0.381 e. The molecule has 2 fully saturated rings. The maximum absolute atomic E-state index is 5.19. The summed E-state index contributed by atoms with van der Waals surface area (Å²) in [6.07, 6.45) is 0. The Hall–Kier alpha value is -0.0800. The van der Waals surface area contributed by atoms with Crippen LogP contribution in [-0.4, -0.2) is 36.7 Å². The van der Waals surface area contributed by atoms with Crippen LogP contribution in [0, 0.1) is 11.8 Å². The molecule has 0 saturated carbocycles. The van der Waals surface area contributed by atoms with Crippen molar-refractivity contribution < 1.29 is 4.74 Å². The molecule has 2 aliphatic heterocycles. The molecule has 0 spiro atoms. The average molecular weight is 169 g/mol. The van der Waals surface area contributed by atoms with E-state index in [1.807, 2.05) is 0 Å². The standard InChI is InChI=1S/C10H19NO/c1-10(2,3)11-4-8(5-11)9-6-12-7-9/h8-9H,4-7H2,1-3H3. The van der Waals surface area contributed by atoms with E-state index in [2.05, 4.69) is 25.7 Å². The number of rotatable bonds is 1. The van der Waals surface area contributed by atoms with Crippen LogP contribution in [0.1, 0.15) is 20.8 Å². The van der Waals surface area contributed by atoms with Gasteiger partial charge in [-0.15, -0.1) is 0 Å². The monoisotopic (exact) mass is 169 g/mol. The Bertz CT molecular complexity index is 163. The summed E-state index contributed by atoms with van der Waals surface area (Å²) in [7, 11) is 0. The molecule has 2 heterocycles. The Morgan fingerprint density at radius 3 is 2.00 bits per heavy atom. The summed E-state index contributed by atoms with van der Waals surface area (Å²) in [5.41, 5.74) is 0.376. The fraction of sp³-hybridized carbons (Fsp3) is 1.00. The predicted octanol–water partition coefficient (Wildman–Crippen LogP) is 1.36. The van der Waals surface area contributed by atoms with Crippen molar-refractivity contribution in [2.45, 2.75) is 26.3 Å². The van der Waals surface area contributed by atoms with Gasteiger partial charge < -0.3 is 4.74 Å². The van der Waals surface area contributed by atoms with E-state index in [9.17, 15) is 0 Å². The molecule has 0 atom stereocenters. The first-order valence-electron chi connectivity index (χ1n) is 4.90. The number of ether oxygens (including phenoxy) is 1. The Balaban J connectivity index is 1.76. The minimum absolute atomic E-state index is 0.376. The van der Waals surface area contributed by atoms with Gasteiger partial charge in [-0.2, -0.15) is 0 Å². The molecular weight excluding hydrogens is 150 g/mol. The van der Waals surface area contributed by atoms with Crippen LogP contribution >= 0.6 is 0 Å². The maximum atomic E-state index is 5.19. The molecule has 0 N–H and O–H groups in total. The maximum Gasteiger partial charge on any atom is 0.0520 e. The van der Waals surface area contributed by atoms with Crippen molar-refractivity contribution in [3.63, 3.8) is 0 Å². The highest BCUT2D eigenvalue weighted by molar-refractivity contribution is 4.93. The zero-order chi connectivity index (χ0) is 8.77. The second-order valence-electron chi connectivity index (χ2n) is 5.13. The van der Waals surface area contributed by atoms with Crippen LogP contribution in [0.2, 0.25) is 0 Å². The van der Waals surface area contributed by atoms with Gasteiger partial charge in [0.15, 0.2) is 0 Å². The van der Waals surface area contributed by atoms with E-state index < -0.39 is 0 Å². The lowest BCUT2D eigenvalue weighted by molar-refractivity contribution is -0.115. The third-order valence-electron chi connectivity index (χ3n) is 3.19. The Morgan fingerprint density at radius 1 is 1.08 bits per heavy atom. The molecule has 12 heavy (non-hydrogen) atoms. The third-order valence-corrected chi connectivity index (χ3v) is 3.19. The molecule has 0 radical (unpaired) electrons. The highest BCUT2D eigenvalue weighted by Gasteiger charge is 2.40. The van der Waals surface area contributed by atoms with E-state index >= 15 is 0 Å². The van der Waals surface area contributed by atoms with Crippen LogP contribution in [-0.2, 0) is 4.74 Å². The molecule has 0 aromatic heterocycles. The second-order valence-corrected chi connectivity index (χ2v) is 5.13. The number of likely N-dealkylation sites (tertiary alicyclic amines) is 1. The quantitative estimate of drug-likeness (QED) is 0.587. The number of hydrogen-bond acceptors (Lipinski definition) is 2. The van der Waals surface area contributed by atoms with Gasteiger partial charge in [0.05, 0.1) is 13.2 Å². The lowest BCUT2D eigenvalue weighted by Gasteiger charge is -2.52. The van der Waals surface area contributed by atoms with Crippen LogP contribution in [0.3, 0.4) is 0 Å². The van der Waals surface area contributed by atoms with Gasteiger partial charge in [-0.3, -0.25) is 4.90 Å².